The van der Waals surface area contributed by atoms with Crippen molar-refractivity contribution in [1.29, 1.82) is 0 Å². The molecule has 16 heavy (non-hydrogen) atoms. The molecule has 0 aromatic heterocycles. The van der Waals surface area contributed by atoms with Crippen molar-refractivity contribution in [2.45, 2.75) is 54.1 Å². The maximum Gasteiger partial charge on any atom is 0.309 e. The van der Waals surface area contributed by atoms with Gasteiger partial charge in [0.05, 0.1) is 5.92 Å². The van der Waals surface area contributed by atoms with Crippen LogP contribution in [0.3, 0.4) is 0 Å². The number of rotatable bonds is 0. The fourth-order valence-corrected chi connectivity index (χ4v) is 4.37. The van der Waals surface area contributed by atoms with Crippen molar-refractivity contribution in [3.63, 3.8) is 0 Å². The van der Waals surface area contributed by atoms with Crippen molar-refractivity contribution in [2.24, 2.45) is 28.6 Å². The van der Waals surface area contributed by atoms with Gasteiger partial charge in [0.25, 0.3) is 0 Å². The van der Waals surface area contributed by atoms with Gasteiger partial charge in [-0.3, -0.25) is 4.79 Å². The summed E-state index contributed by atoms with van der Waals surface area (Å²) in [5.41, 5.74) is -0.243. The van der Waals surface area contributed by atoms with E-state index in [4.69, 9.17) is 4.74 Å². The molecular weight excluding hydrogens is 200 g/mol. The molecule has 2 rings (SSSR count). The molecule has 1 saturated heterocycles. The zero-order valence-corrected chi connectivity index (χ0v) is 11.5. The molecule has 2 bridgehead atoms. The lowest BCUT2D eigenvalue weighted by Crippen LogP contribution is -2.58. The molecule has 1 saturated carbocycles. The molecule has 92 valence electrons. The molecule has 5 atom stereocenters. The van der Waals surface area contributed by atoms with Gasteiger partial charge in [-0.25, -0.2) is 0 Å². The summed E-state index contributed by atoms with van der Waals surface area (Å²) < 4.78 is 5.80. The maximum atomic E-state index is 12.0. The van der Waals surface area contributed by atoms with Crippen LogP contribution in [0.4, 0.5) is 0 Å². The van der Waals surface area contributed by atoms with Gasteiger partial charge in [0.2, 0.25) is 0 Å². The summed E-state index contributed by atoms with van der Waals surface area (Å²) in [5, 5.41) is 0. The second-order valence-electron chi connectivity index (χ2n) is 6.73. The number of esters is 1. The molecule has 2 aliphatic rings. The smallest absolute Gasteiger partial charge is 0.309 e. The van der Waals surface area contributed by atoms with Crippen LogP contribution in [0.5, 0.6) is 0 Å². The van der Waals surface area contributed by atoms with E-state index in [9.17, 15) is 4.79 Å². The average Bonchev–Trinajstić information content (AvgIpc) is 2.26. The van der Waals surface area contributed by atoms with E-state index >= 15 is 0 Å². The van der Waals surface area contributed by atoms with Crippen LogP contribution in [0.1, 0.15) is 48.5 Å². The van der Waals surface area contributed by atoms with E-state index in [1.165, 1.54) is 0 Å². The predicted octanol–water partition coefficient (Wildman–Crippen LogP) is 3.26. The lowest BCUT2D eigenvalue weighted by molar-refractivity contribution is -0.210. The van der Waals surface area contributed by atoms with Crippen LogP contribution in [-0.2, 0) is 9.53 Å². The third-order valence-electron chi connectivity index (χ3n) is 6.72. The third-order valence-corrected chi connectivity index (χ3v) is 6.72. The Hall–Kier alpha value is -0.530. The molecular formula is C14H24O2. The van der Waals surface area contributed by atoms with Gasteiger partial charge in [0.1, 0.15) is 5.60 Å². The first kappa shape index (κ1) is 11.9. The standard InChI is InChI=1S/C14H24O2/c1-8-9(2)14(7)12(4,5)13(8,6)10(3)11(15)16-14/h8-10H,1-7H3. The summed E-state index contributed by atoms with van der Waals surface area (Å²) in [6, 6.07) is 0. The quantitative estimate of drug-likeness (QED) is 0.590. The Morgan fingerprint density at radius 3 is 2.00 bits per heavy atom. The fourth-order valence-electron chi connectivity index (χ4n) is 4.37. The minimum Gasteiger partial charge on any atom is -0.458 e. The Kier molecular flexibility index (Phi) is 2.11. The maximum absolute atomic E-state index is 12.0. The molecule has 1 aliphatic carbocycles. The third kappa shape index (κ3) is 0.892. The number of carbonyl (C=O) groups excluding carboxylic acids is 1. The van der Waals surface area contributed by atoms with Gasteiger partial charge < -0.3 is 4.74 Å². The second-order valence-corrected chi connectivity index (χ2v) is 6.73. The van der Waals surface area contributed by atoms with Crippen LogP contribution in [0.2, 0.25) is 0 Å². The van der Waals surface area contributed by atoms with E-state index in [0.717, 1.165) is 0 Å². The highest BCUT2D eigenvalue weighted by molar-refractivity contribution is 5.76. The van der Waals surface area contributed by atoms with E-state index in [1.54, 1.807) is 0 Å². The summed E-state index contributed by atoms with van der Waals surface area (Å²) in [4.78, 5) is 12.0. The van der Waals surface area contributed by atoms with Crippen molar-refractivity contribution < 1.29 is 9.53 Å². The van der Waals surface area contributed by atoms with Crippen LogP contribution < -0.4 is 0 Å². The first-order chi connectivity index (χ1) is 7.10. The number of fused-ring (bicyclic) bond motifs is 2. The normalized spacial score (nSPS) is 54.9. The summed E-state index contributed by atoms with van der Waals surface area (Å²) >= 11 is 0. The first-order valence-electron chi connectivity index (χ1n) is 6.33. The van der Waals surface area contributed by atoms with Crippen molar-refractivity contribution in [3.8, 4) is 0 Å². The Bertz CT molecular complexity index is 347. The zero-order valence-electron chi connectivity index (χ0n) is 11.5. The first-order valence-corrected chi connectivity index (χ1v) is 6.33. The van der Waals surface area contributed by atoms with E-state index in [1.807, 2.05) is 6.92 Å². The van der Waals surface area contributed by atoms with Gasteiger partial charge in [-0.1, -0.05) is 41.5 Å². The number of ether oxygens (including phenoxy) is 1. The highest BCUT2D eigenvalue weighted by atomic mass is 16.6. The monoisotopic (exact) mass is 224 g/mol. The van der Waals surface area contributed by atoms with Gasteiger partial charge in [0, 0.05) is 5.41 Å². The summed E-state index contributed by atoms with van der Waals surface area (Å²) in [6.07, 6.45) is 0. The molecule has 0 spiro atoms. The summed E-state index contributed by atoms with van der Waals surface area (Å²) in [7, 11) is 0. The minimum absolute atomic E-state index is 0.00414. The highest BCUT2D eigenvalue weighted by Crippen LogP contribution is 2.70. The molecule has 0 radical (unpaired) electrons. The second kappa shape index (κ2) is 2.83. The molecule has 2 heteroatoms. The van der Waals surface area contributed by atoms with Gasteiger partial charge in [-0.05, 0) is 24.2 Å². The summed E-state index contributed by atoms with van der Waals surface area (Å²) in [5.74, 6) is 0.909. The lowest BCUT2D eigenvalue weighted by Gasteiger charge is -2.54. The number of hydrogen-bond donors (Lipinski definition) is 0. The number of carbonyl (C=O) groups is 1. The Labute approximate surface area is 98.7 Å². The Balaban J connectivity index is 2.66. The molecule has 0 N–H and O–H groups in total. The highest BCUT2D eigenvalue weighted by Gasteiger charge is 2.73. The van der Waals surface area contributed by atoms with E-state index in [0.29, 0.717) is 11.8 Å². The molecule has 0 aromatic carbocycles. The van der Waals surface area contributed by atoms with E-state index in [2.05, 4.69) is 41.5 Å². The Morgan fingerprint density at radius 2 is 1.50 bits per heavy atom. The SMILES string of the molecule is CC1C(C)C2(C)C(C)C(=O)OC1(C)C2(C)C. The van der Waals surface area contributed by atoms with Crippen LogP contribution in [0.25, 0.3) is 0 Å². The Morgan fingerprint density at radius 1 is 1.00 bits per heavy atom. The molecule has 5 unspecified atom stereocenters. The van der Waals surface area contributed by atoms with Crippen LogP contribution >= 0.6 is 0 Å². The van der Waals surface area contributed by atoms with Crippen molar-refractivity contribution >= 4 is 5.97 Å². The molecule has 1 heterocycles. The van der Waals surface area contributed by atoms with Crippen LogP contribution in [0, 0.1) is 28.6 Å². The van der Waals surface area contributed by atoms with Crippen LogP contribution in [-0.4, -0.2) is 11.6 Å². The molecule has 2 fully saturated rings. The van der Waals surface area contributed by atoms with E-state index < -0.39 is 0 Å². The van der Waals surface area contributed by atoms with Crippen molar-refractivity contribution in [2.75, 3.05) is 0 Å². The topological polar surface area (TPSA) is 26.3 Å². The summed E-state index contributed by atoms with van der Waals surface area (Å²) in [6.45, 7) is 15.4. The molecule has 2 nitrogen and oxygen atoms in total. The minimum atomic E-state index is -0.315. The zero-order chi connectivity index (χ0) is 12.5. The van der Waals surface area contributed by atoms with Gasteiger partial charge in [-0.2, -0.15) is 0 Å². The fraction of sp³-hybridized carbons (Fsp3) is 0.929. The van der Waals surface area contributed by atoms with Crippen LogP contribution in [0.15, 0.2) is 0 Å². The predicted molar refractivity (Wildman–Crippen MR) is 63.9 cm³/mol. The van der Waals surface area contributed by atoms with Gasteiger partial charge in [0.15, 0.2) is 0 Å². The van der Waals surface area contributed by atoms with Crippen molar-refractivity contribution in [1.82, 2.24) is 0 Å². The van der Waals surface area contributed by atoms with Crippen molar-refractivity contribution in [3.05, 3.63) is 0 Å². The van der Waals surface area contributed by atoms with Gasteiger partial charge in [-0.15, -0.1) is 0 Å². The molecule has 0 aromatic rings. The largest absolute Gasteiger partial charge is 0.458 e. The number of hydrogen-bond acceptors (Lipinski definition) is 2. The lowest BCUT2D eigenvalue weighted by atomic mass is 9.55. The van der Waals surface area contributed by atoms with Gasteiger partial charge >= 0.3 is 5.97 Å². The average molecular weight is 224 g/mol. The molecule has 0 amide bonds. The van der Waals surface area contributed by atoms with E-state index in [-0.39, 0.29) is 28.3 Å². The molecule has 1 aliphatic heterocycles.